The first-order valence-electron chi connectivity index (χ1n) is 5.33. The smallest absolute Gasteiger partial charge is 0.120 e. The highest BCUT2D eigenvalue weighted by atomic mass is 16.5. The molecule has 1 aliphatic rings. The molecule has 0 radical (unpaired) electrons. The van der Waals surface area contributed by atoms with Crippen LogP contribution in [0.25, 0.3) is 0 Å². The van der Waals surface area contributed by atoms with Crippen molar-refractivity contribution in [2.75, 3.05) is 0 Å². The van der Waals surface area contributed by atoms with Gasteiger partial charge in [0.2, 0.25) is 0 Å². The summed E-state index contributed by atoms with van der Waals surface area (Å²) in [6, 6.07) is 10.1. The van der Waals surface area contributed by atoms with Crippen LogP contribution in [0.2, 0.25) is 0 Å². The molecule has 0 saturated carbocycles. The van der Waals surface area contributed by atoms with E-state index in [2.05, 4.69) is 12.2 Å². The van der Waals surface area contributed by atoms with Crippen LogP contribution in [0.1, 0.15) is 25.7 Å². The molecule has 2 rings (SSSR count). The molecule has 0 fully saturated rings. The summed E-state index contributed by atoms with van der Waals surface area (Å²) in [6.45, 7) is 0. The molecule has 0 spiro atoms. The molecule has 1 aromatic rings. The SMILES string of the molecule is C1=C[C@@H](Oc2ccccc2)CCCC1. The van der Waals surface area contributed by atoms with E-state index in [4.69, 9.17) is 4.74 Å². The molecule has 1 aromatic carbocycles. The van der Waals surface area contributed by atoms with Gasteiger partial charge in [-0.15, -0.1) is 0 Å². The normalized spacial score (nSPS) is 21.6. The second-order valence-corrected chi connectivity index (χ2v) is 3.68. The summed E-state index contributed by atoms with van der Waals surface area (Å²) in [6.07, 6.45) is 9.62. The summed E-state index contributed by atoms with van der Waals surface area (Å²) in [5.41, 5.74) is 0. The lowest BCUT2D eigenvalue weighted by Gasteiger charge is -2.13. The minimum absolute atomic E-state index is 0.278. The minimum Gasteiger partial charge on any atom is -0.486 e. The van der Waals surface area contributed by atoms with Crippen LogP contribution < -0.4 is 4.74 Å². The van der Waals surface area contributed by atoms with Crippen molar-refractivity contribution in [2.45, 2.75) is 31.8 Å². The Morgan fingerprint density at radius 3 is 2.79 bits per heavy atom. The molecule has 1 aliphatic carbocycles. The molecular weight excluding hydrogens is 172 g/mol. The Balaban J connectivity index is 1.96. The maximum absolute atomic E-state index is 5.85. The molecule has 1 atom stereocenters. The second kappa shape index (κ2) is 4.85. The van der Waals surface area contributed by atoms with E-state index in [0.29, 0.717) is 0 Å². The van der Waals surface area contributed by atoms with Crippen molar-refractivity contribution in [1.82, 2.24) is 0 Å². The number of hydrogen-bond acceptors (Lipinski definition) is 1. The molecule has 0 N–H and O–H groups in total. The van der Waals surface area contributed by atoms with E-state index in [-0.39, 0.29) is 6.10 Å². The molecule has 0 heterocycles. The highest BCUT2D eigenvalue weighted by Gasteiger charge is 2.08. The van der Waals surface area contributed by atoms with Crippen LogP contribution in [0.3, 0.4) is 0 Å². The zero-order valence-electron chi connectivity index (χ0n) is 8.36. The topological polar surface area (TPSA) is 9.23 Å². The van der Waals surface area contributed by atoms with E-state index < -0.39 is 0 Å². The Labute approximate surface area is 85.4 Å². The molecule has 14 heavy (non-hydrogen) atoms. The van der Waals surface area contributed by atoms with Crippen LogP contribution in [0.15, 0.2) is 42.5 Å². The molecule has 0 aliphatic heterocycles. The number of para-hydroxylation sites is 1. The molecule has 0 amide bonds. The zero-order valence-corrected chi connectivity index (χ0v) is 8.36. The van der Waals surface area contributed by atoms with Gasteiger partial charge in [-0.05, 0) is 43.9 Å². The number of rotatable bonds is 2. The lowest BCUT2D eigenvalue weighted by atomic mass is 10.2. The van der Waals surface area contributed by atoms with Crippen LogP contribution in [-0.2, 0) is 0 Å². The average Bonchev–Trinajstić information content (AvgIpc) is 2.48. The van der Waals surface area contributed by atoms with E-state index in [1.54, 1.807) is 0 Å². The first-order chi connectivity index (χ1) is 6.95. The predicted octanol–water partition coefficient (Wildman–Crippen LogP) is 3.56. The van der Waals surface area contributed by atoms with E-state index >= 15 is 0 Å². The standard InChI is InChI=1S/C13H16O/c1-2-5-9-12(8-4-1)14-13-10-6-3-7-11-13/h3-4,6-8,10-12H,1-2,5,9H2/t12-/m1/s1. The third-order valence-corrected chi connectivity index (χ3v) is 2.49. The lowest BCUT2D eigenvalue weighted by Crippen LogP contribution is -2.12. The van der Waals surface area contributed by atoms with E-state index in [0.717, 1.165) is 12.2 Å². The third kappa shape index (κ3) is 2.63. The van der Waals surface area contributed by atoms with Gasteiger partial charge < -0.3 is 4.74 Å². The highest BCUT2D eigenvalue weighted by molar-refractivity contribution is 5.21. The van der Waals surface area contributed by atoms with Gasteiger partial charge >= 0.3 is 0 Å². The summed E-state index contributed by atoms with van der Waals surface area (Å²) in [4.78, 5) is 0. The van der Waals surface area contributed by atoms with Crippen LogP contribution in [0.4, 0.5) is 0 Å². The molecule has 74 valence electrons. The molecule has 0 unspecified atom stereocenters. The van der Waals surface area contributed by atoms with Crippen molar-refractivity contribution in [2.24, 2.45) is 0 Å². The number of benzene rings is 1. The number of allylic oxidation sites excluding steroid dienone is 1. The Hall–Kier alpha value is -1.24. The van der Waals surface area contributed by atoms with Crippen LogP contribution in [0.5, 0.6) is 5.75 Å². The Morgan fingerprint density at radius 2 is 1.93 bits per heavy atom. The van der Waals surface area contributed by atoms with Gasteiger partial charge in [-0.25, -0.2) is 0 Å². The van der Waals surface area contributed by atoms with Crippen LogP contribution in [-0.4, -0.2) is 6.10 Å². The summed E-state index contributed by atoms with van der Waals surface area (Å²) in [5, 5.41) is 0. The maximum Gasteiger partial charge on any atom is 0.120 e. The van der Waals surface area contributed by atoms with Gasteiger partial charge in [-0.1, -0.05) is 24.3 Å². The molecular formula is C13H16O. The first-order valence-corrected chi connectivity index (χ1v) is 5.33. The van der Waals surface area contributed by atoms with Crippen molar-refractivity contribution >= 4 is 0 Å². The van der Waals surface area contributed by atoms with Gasteiger partial charge in [0.15, 0.2) is 0 Å². The van der Waals surface area contributed by atoms with Gasteiger partial charge in [0.1, 0.15) is 11.9 Å². The number of ether oxygens (including phenoxy) is 1. The fourth-order valence-electron chi connectivity index (χ4n) is 1.72. The van der Waals surface area contributed by atoms with Crippen LogP contribution >= 0.6 is 0 Å². The van der Waals surface area contributed by atoms with Crippen molar-refractivity contribution in [3.05, 3.63) is 42.5 Å². The minimum atomic E-state index is 0.278. The quantitative estimate of drug-likeness (QED) is 0.645. The summed E-state index contributed by atoms with van der Waals surface area (Å²) >= 11 is 0. The molecule has 1 heteroatoms. The molecule has 1 nitrogen and oxygen atoms in total. The molecule has 0 saturated heterocycles. The van der Waals surface area contributed by atoms with E-state index in [9.17, 15) is 0 Å². The van der Waals surface area contributed by atoms with Gasteiger partial charge in [-0.2, -0.15) is 0 Å². The van der Waals surface area contributed by atoms with Crippen molar-refractivity contribution < 1.29 is 4.74 Å². The van der Waals surface area contributed by atoms with Gasteiger partial charge in [0.05, 0.1) is 0 Å². The maximum atomic E-state index is 5.85. The molecule has 0 aromatic heterocycles. The summed E-state index contributed by atoms with van der Waals surface area (Å²) in [5.74, 6) is 0.976. The number of hydrogen-bond donors (Lipinski definition) is 0. The zero-order chi connectivity index (χ0) is 9.64. The van der Waals surface area contributed by atoms with Gasteiger partial charge in [0.25, 0.3) is 0 Å². The van der Waals surface area contributed by atoms with Gasteiger partial charge in [-0.3, -0.25) is 0 Å². The van der Waals surface area contributed by atoms with E-state index in [1.807, 2.05) is 30.3 Å². The Morgan fingerprint density at radius 1 is 1.07 bits per heavy atom. The van der Waals surface area contributed by atoms with E-state index in [1.165, 1.54) is 19.3 Å². The summed E-state index contributed by atoms with van der Waals surface area (Å²) in [7, 11) is 0. The van der Waals surface area contributed by atoms with Crippen molar-refractivity contribution in [1.29, 1.82) is 0 Å². The fourth-order valence-corrected chi connectivity index (χ4v) is 1.72. The van der Waals surface area contributed by atoms with Crippen LogP contribution in [0, 0.1) is 0 Å². The second-order valence-electron chi connectivity index (χ2n) is 3.68. The fraction of sp³-hybridized carbons (Fsp3) is 0.385. The van der Waals surface area contributed by atoms with Crippen molar-refractivity contribution in [3.8, 4) is 5.75 Å². The highest BCUT2D eigenvalue weighted by Crippen LogP contribution is 2.18. The predicted molar refractivity (Wildman–Crippen MR) is 58.5 cm³/mol. The Kier molecular flexibility index (Phi) is 3.23. The van der Waals surface area contributed by atoms with Crippen molar-refractivity contribution in [3.63, 3.8) is 0 Å². The van der Waals surface area contributed by atoms with Gasteiger partial charge in [0, 0.05) is 0 Å². The Bertz CT molecular complexity index is 289. The largest absolute Gasteiger partial charge is 0.486 e. The average molecular weight is 188 g/mol. The monoisotopic (exact) mass is 188 g/mol. The molecule has 0 bridgehead atoms. The third-order valence-electron chi connectivity index (χ3n) is 2.49. The lowest BCUT2D eigenvalue weighted by molar-refractivity contribution is 0.237. The first kappa shape index (κ1) is 9.32. The summed E-state index contributed by atoms with van der Waals surface area (Å²) < 4.78 is 5.85.